The molecule has 1 amide bonds. The minimum Gasteiger partial charge on any atom is -0.325 e. The number of hydrogen-bond donors (Lipinski definition) is 1. The standard InChI is InChI=1S/C26H25ClN4OS/c1-17(2)19-10-12-20(13-11-19)28-24(32)16-33-26-30-29-25(22-6-4-5-7-23(22)27)31(26)21-14-8-18(3)9-15-21/h4-15,17H,16H2,1-3H3,(H,28,32). The molecule has 0 aliphatic rings. The lowest BCUT2D eigenvalue weighted by Crippen LogP contribution is -2.14. The summed E-state index contributed by atoms with van der Waals surface area (Å²) >= 11 is 7.79. The van der Waals surface area contributed by atoms with Crippen LogP contribution in [0, 0.1) is 6.92 Å². The zero-order valence-electron chi connectivity index (χ0n) is 18.7. The second-order valence-electron chi connectivity index (χ2n) is 8.07. The Bertz CT molecular complexity index is 1250. The van der Waals surface area contributed by atoms with Gasteiger partial charge in [0.25, 0.3) is 0 Å². The van der Waals surface area contributed by atoms with Crippen LogP contribution in [0.1, 0.15) is 30.9 Å². The second-order valence-corrected chi connectivity index (χ2v) is 9.42. The molecular formula is C26H25ClN4OS. The Morgan fingerprint density at radius 2 is 1.70 bits per heavy atom. The van der Waals surface area contributed by atoms with Crippen molar-refractivity contribution in [2.24, 2.45) is 0 Å². The zero-order valence-corrected chi connectivity index (χ0v) is 20.3. The van der Waals surface area contributed by atoms with Crippen LogP contribution >= 0.6 is 23.4 Å². The summed E-state index contributed by atoms with van der Waals surface area (Å²) in [6, 6.07) is 23.6. The van der Waals surface area contributed by atoms with Gasteiger partial charge in [-0.3, -0.25) is 9.36 Å². The van der Waals surface area contributed by atoms with Crippen LogP contribution in [-0.2, 0) is 4.79 Å². The van der Waals surface area contributed by atoms with Crippen molar-refractivity contribution in [1.29, 1.82) is 0 Å². The lowest BCUT2D eigenvalue weighted by Gasteiger charge is -2.12. The predicted molar refractivity (Wildman–Crippen MR) is 136 cm³/mol. The molecule has 4 rings (SSSR count). The number of aryl methyl sites for hydroxylation is 1. The molecule has 1 heterocycles. The Hall–Kier alpha value is -3.09. The molecule has 0 unspecified atom stereocenters. The molecule has 1 aromatic heterocycles. The number of rotatable bonds is 7. The van der Waals surface area contributed by atoms with E-state index in [1.165, 1.54) is 17.3 Å². The number of carbonyl (C=O) groups excluding carboxylic acids is 1. The van der Waals surface area contributed by atoms with E-state index >= 15 is 0 Å². The Morgan fingerprint density at radius 1 is 1.00 bits per heavy atom. The molecule has 7 heteroatoms. The summed E-state index contributed by atoms with van der Waals surface area (Å²) in [5.41, 5.74) is 4.87. The minimum absolute atomic E-state index is 0.102. The van der Waals surface area contributed by atoms with Gasteiger partial charge in [0.1, 0.15) is 0 Å². The quantitative estimate of drug-likeness (QED) is 0.300. The third kappa shape index (κ3) is 5.46. The molecule has 0 aliphatic carbocycles. The molecule has 168 valence electrons. The molecule has 0 saturated heterocycles. The number of halogens is 1. The first kappa shape index (κ1) is 23.1. The van der Waals surface area contributed by atoms with Gasteiger partial charge >= 0.3 is 0 Å². The fraction of sp³-hybridized carbons (Fsp3) is 0.192. The number of aromatic nitrogens is 3. The van der Waals surface area contributed by atoms with E-state index in [4.69, 9.17) is 11.6 Å². The topological polar surface area (TPSA) is 59.8 Å². The zero-order chi connectivity index (χ0) is 23.4. The SMILES string of the molecule is Cc1ccc(-n2c(SCC(=O)Nc3ccc(C(C)C)cc3)nnc2-c2ccccc2Cl)cc1. The maximum atomic E-state index is 12.6. The number of anilines is 1. The molecule has 0 fully saturated rings. The van der Waals surface area contributed by atoms with Gasteiger partial charge in [0, 0.05) is 16.9 Å². The molecule has 0 aliphatic heterocycles. The van der Waals surface area contributed by atoms with Gasteiger partial charge < -0.3 is 5.32 Å². The van der Waals surface area contributed by atoms with Crippen molar-refractivity contribution in [3.63, 3.8) is 0 Å². The highest BCUT2D eigenvalue weighted by Crippen LogP contribution is 2.32. The average Bonchev–Trinajstić information content (AvgIpc) is 3.22. The van der Waals surface area contributed by atoms with Crippen molar-refractivity contribution in [2.75, 3.05) is 11.1 Å². The number of thioether (sulfide) groups is 1. The van der Waals surface area contributed by atoms with Crippen molar-refractivity contribution >= 4 is 35.0 Å². The normalized spacial score (nSPS) is 11.1. The van der Waals surface area contributed by atoms with Crippen LogP contribution in [0.15, 0.2) is 78.0 Å². The van der Waals surface area contributed by atoms with Crippen LogP contribution in [0.2, 0.25) is 5.02 Å². The van der Waals surface area contributed by atoms with E-state index in [9.17, 15) is 4.79 Å². The van der Waals surface area contributed by atoms with Crippen LogP contribution in [0.4, 0.5) is 5.69 Å². The molecule has 3 aromatic carbocycles. The van der Waals surface area contributed by atoms with Gasteiger partial charge in [-0.15, -0.1) is 10.2 Å². The number of carbonyl (C=O) groups is 1. The highest BCUT2D eigenvalue weighted by atomic mass is 35.5. The Kier molecular flexibility index (Phi) is 7.16. The molecule has 0 atom stereocenters. The van der Waals surface area contributed by atoms with Crippen molar-refractivity contribution in [1.82, 2.24) is 14.8 Å². The summed E-state index contributed by atoms with van der Waals surface area (Å²) in [6.07, 6.45) is 0. The smallest absolute Gasteiger partial charge is 0.234 e. The summed E-state index contributed by atoms with van der Waals surface area (Å²) in [6.45, 7) is 6.33. The van der Waals surface area contributed by atoms with Crippen LogP contribution < -0.4 is 5.32 Å². The van der Waals surface area contributed by atoms with E-state index in [0.717, 1.165) is 22.5 Å². The summed E-state index contributed by atoms with van der Waals surface area (Å²) in [4.78, 5) is 12.6. The summed E-state index contributed by atoms with van der Waals surface area (Å²) in [5.74, 6) is 1.19. The summed E-state index contributed by atoms with van der Waals surface area (Å²) < 4.78 is 1.94. The number of nitrogens with one attached hydrogen (secondary N) is 1. The molecule has 4 aromatic rings. The molecule has 0 radical (unpaired) electrons. The van der Waals surface area contributed by atoms with E-state index < -0.39 is 0 Å². The Balaban J connectivity index is 1.56. The molecule has 0 saturated carbocycles. The van der Waals surface area contributed by atoms with Gasteiger partial charge in [0.05, 0.1) is 10.8 Å². The minimum atomic E-state index is -0.102. The van der Waals surface area contributed by atoms with Crippen LogP contribution in [0.3, 0.4) is 0 Å². The number of hydrogen-bond acceptors (Lipinski definition) is 4. The lowest BCUT2D eigenvalue weighted by atomic mass is 10.0. The van der Waals surface area contributed by atoms with E-state index in [0.29, 0.717) is 21.9 Å². The van der Waals surface area contributed by atoms with Crippen molar-refractivity contribution in [3.8, 4) is 17.1 Å². The first-order chi connectivity index (χ1) is 15.9. The molecule has 0 bridgehead atoms. The third-order valence-corrected chi connectivity index (χ3v) is 6.49. The van der Waals surface area contributed by atoms with Crippen molar-refractivity contribution in [2.45, 2.75) is 31.8 Å². The van der Waals surface area contributed by atoms with E-state index in [-0.39, 0.29) is 11.7 Å². The maximum absolute atomic E-state index is 12.6. The summed E-state index contributed by atoms with van der Waals surface area (Å²) in [5, 5.41) is 13.0. The van der Waals surface area contributed by atoms with E-state index in [1.807, 2.05) is 84.3 Å². The van der Waals surface area contributed by atoms with Gasteiger partial charge in [-0.05, 0) is 54.8 Å². The highest BCUT2D eigenvalue weighted by Gasteiger charge is 2.19. The Labute approximate surface area is 203 Å². The van der Waals surface area contributed by atoms with Gasteiger partial charge in [0.2, 0.25) is 5.91 Å². The van der Waals surface area contributed by atoms with Crippen molar-refractivity contribution in [3.05, 3.63) is 88.9 Å². The fourth-order valence-electron chi connectivity index (χ4n) is 3.39. The largest absolute Gasteiger partial charge is 0.325 e. The first-order valence-electron chi connectivity index (χ1n) is 10.7. The highest BCUT2D eigenvalue weighted by molar-refractivity contribution is 7.99. The number of benzene rings is 3. The van der Waals surface area contributed by atoms with Crippen molar-refractivity contribution < 1.29 is 4.79 Å². The molecule has 0 spiro atoms. The number of amides is 1. The third-order valence-electron chi connectivity index (χ3n) is 5.23. The average molecular weight is 477 g/mol. The predicted octanol–water partition coefficient (Wildman–Crippen LogP) is 6.75. The van der Waals surface area contributed by atoms with Crippen LogP contribution in [-0.4, -0.2) is 26.4 Å². The van der Waals surface area contributed by atoms with Gasteiger partial charge in [-0.1, -0.05) is 79.2 Å². The monoisotopic (exact) mass is 476 g/mol. The molecule has 33 heavy (non-hydrogen) atoms. The van der Waals surface area contributed by atoms with E-state index in [2.05, 4.69) is 29.4 Å². The molecule has 5 nitrogen and oxygen atoms in total. The van der Waals surface area contributed by atoms with Gasteiger partial charge in [-0.25, -0.2) is 0 Å². The van der Waals surface area contributed by atoms with Crippen LogP contribution in [0.5, 0.6) is 0 Å². The molecular weight excluding hydrogens is 452 g/mol. The first-order valence-corrected chi connectivity index (χ1v) is 12.1. The van der Waals surface area contributed by atoms with E-state index in [1.54, 1.807) is 0 Å². The Morgan fingerprint density at radius 3 is 2.36 bits per heavy atom. The second kappa shape index (κ2) is 10.2. The van der Waals surface area contributed by atoms with Gasteiger partial charge in [-0.2, -0.15) is 0 Å². The van der Waals surface area contributed by atoms with Crippen LogP contribution in [0.25, 0.3) is 17.1 Å². The number of nitrogens with zero attached hydrogens (tertiary/aromatic N) is 3. The fourth-order valence-corrected chi connectivity index (χ4v) is 4.36. The maximum Gasteiger partial charge on any atom is 0.234 e. The summed E-state index contributed by atoms with van der Waals surface area (Å²) in [7, 11) is 0. The molecule has 1 N–H and O–H groups in total. The van der Waals surface area contributed by atoms with Gasteiger partial charge in [0.15, 0.2) is 11.0 Å². The lowest BCUT2D eigenvalue weighted by molar-refractivity contribution is -0.113.